The highest BCUT2D eigenvalue weighted by Crippen LogP contribution is 2.21. The topological polar surface area (TPSA) is 66.9 Å². The van der Waals surface area contributed by atoms with E-state index in [1.165, 1.54) is 0 Å². The minimum Gasteiger partial charge on any atom is -0.398 e. The molecule has 0 amide bonds. The minimum absolute atomic E-state index is 0.502. The van der Waals surface area contributed by atoms with E-state index in [-0.39, 0.29) is 0 Å². The lowest BCUT2D eigenvalue weighted by Gasteiger charge is -1.99. The number of thiocyanates is 1. The van der Waals surface area contributed by atoms with Crippen LogP contribution in [0.15, 0.2) is 23.1 Å². The average molecular weight is 202 g/mol. The number of nitrogen functional groups attached to an aromatic ring is 1. The number of hydrogen-bond donors (Lipinski definition) is 1. The molecule has 2 N–H and O–H groups in total. The molecule has 0 aliphatic rings. The van der Waals surface area contributed by atoms with Gasteiger partial charge in [0.25, 0.3) is 0 Å². The lowest BCUT2D eigenvalue weighted by Crippen LogP contribution is -1.89. The van der Waals surface area contributed by atoms with Crippen LogP contribution in [0.1, 0.15) is 5.56 Å². The van der Waals surface area contributed by atoms with Crippen LogP contribution in [-0.2, 0) is 4.79 Å². The Hall–Kier alpha value is -1.91. The van der Waals surface area contributed by atoms with Crippen LogP contribution in [0.4, 0.5) is 5.69 Å². The third-order valence-corrected chi connectivity index (χ3v) is 2.03. The Balaban J connectivity index is 3.09. The van der Waals surface area contributed by atoms with Crippen molar-refractivity contribution >= 4 is 23.7 Å². The van der Waals surface area contributed by atoms with Crippen molar-refractivity contribution in [3.8, 4) is 17.2 Å². The van der Waals surface area contributed by atoms with E-state index in [1.54, 1.807) is 18.2 Å². The number of hydrogen-bond acceptors (Lipinski definition) is 4. The molecule has 0 aromatic heterocycles. The van der Waals surface area contributed by atoms with E-state index in [0.29, 0.717) is 17.5 Å². The quantitative estimate of drug-likeness (QED) is 0.246. The molecule has 68 valence electrons. The third kappa shape index (κ3) is 2.55. The maximum Gasteiger partial charge on any atom is 0.193 e. The number of carbonyl (C=O) groups excluding carboxylic acids is 1. The van der Waals surface area contributed by atoms with Gasteiger partial charge in [0.2, 0.25) is 0 Å². The first-order valence-electron chi connectivity index (χ1n) is 3.68. The molecular weight excluding hydrogens is 196 g/mol. The molecule has 0 spiro atoms. The maximum atomic E-state index is 10.0. The van der Waals surface area contributed by atoms with Crippen LogP contribution >= 0.6 is 11.8 Å². The summed E-state index contributed by atoms with van der Waals surface area (Å²) in [7, 11) is 0. The maximum absolute atomic E-state index is 10.0. The summed E-state index contributed by atoms with van der Waals surface area (Å²) in [4.78, 5) is 10.8. The Kier molecular flexibility index (Phi) is 3.60. The van der Waals surface area contributed by atoms with Crippen molar-refractivity contribution in [3.05, 3.63) is 23.8 Å². The van der Waals surface area contributed by atoms with Crippen LogP contribution in [0.2, 0.25) is 0 Å². The second kappa shape index (κ2) is 4.96. The first-order valence-corrected chi connectivity index (χ1v) is 4.50. The number of benzene rings is 1. The fourth-order valence-electron chi connectivity index (χ4n) is 0.867. The predicted molar refractivity (Wildman–Crippen MR) is 55.3 cm³/mol. The van der Waals surface area contributed by atoms with Crippen molar-refractivity contribution in [2.75, 3.05) is 5.73 Å². The number of rotatable bonds is 1. The number of aldehydes is 1. The summed E-state index contributed by atoms with van der Waals surface area (Å²) in [5, 5.41) is 10.4. The Bertz CT molecular complexity index is 451. The second-order valence-corrected chi connectivity index (χ2v) is 3.19. The standard InChI is InChI=1S/C10H6N2OS/c11-7-14-9-3-4-10(12)8(6-9)2-1-5-13/h3-6H,12H2. The average Bonchev–Trinajstić information content (AvgIpc) is 2.19. The Morgan fingerprint density at radius 3 is 2.93 bits per heavy atom. The smallest absolute Gasteiger partial charge is 0.193 e. The van der Waals surface area contributed by atoms with Crippen LogP contribution in [0, 0.1) is 22.5 Å². The Labute approximate surface area is 85.9 Å². The normalized spacial score (nSPS) is 8.21. The van der Waals surface area contributed by atoms with Gasteiger partial charge in [0.1, 0.15) is 5.40 Å². The number of thioether (sulfide) groups is 1. The lowest BCUT2D eigenvalue weighted by atomic mass is 10.2. The lowest BCUT2D eigenvalue weighted by molar-refractivity contribution is -0.103. The molecule has 0 heterocycles. The highest BCUT2D eigenvalue weighted by Gasteiger charge is 1.98. The van der Waals surface area contributed by atoms with Crippen LogP contribution in [0.5, 0.6) is 0 Å². The van der Waals surface area contributed by atoms with Gasteiger partial charge in [0.05, 0.1) is 0 Å². The molecule has 0 aliphatic heterocycles. The first-order chi connectivity index (χ1) is 6.77. The molecule has 0 radical (unpaired) electrons. The monoisotopic (exact) mass is 202 g/mol. The Morgan fingerprint density at radius 2 is 2.29 bits per heavy atom. The van der Waals surface area contributed by atoms with Gasteiger partial charge in [-0.1, -0.05) is 5.92 Å². The summed E-state index contributed by atoms with van der Waals surface area (Å²) < 4.78 is 0. The van der Waals surface area contributed by atoms with Gasteiger partial charge in [-0.05, 0) is 35.9 Å². The molecule has 0 bridgehead atoms. The highest BCUT2D eigenvalue weighted by atomic mass is 32.2. The van der Waals surface area contributed by atoms with Crippen molar-refractivity contribution in [2.45, 2.75) is 4.90 Å². The fraction of sp³-hybridized carbons (Fsp3) is 0. The third-order valence-electron chi connectivity index (χ3n) is 1.45. The van der Waals surface area contributed by atoms with Gasteiger partial charge in [-0.15, -0.1) is 0 Å². The number of nitrogens with two attached hydrogens (primary N) is 1. The number of nitriles is 1. The van der Waals surface area contributed by atoms with Crippen molar-refractivity contribution in [1.29, 1.82) is 5.26 Å². The van der Waals surface area contributed by atoms with E-state index < -0.39 is 0 Å². The van der Waals surface area contributed by atoms with E-state index in [1.807, 2.05) is 5.40 Å². The van der Waals surface area contributed by atoms with Gasteiger partial charge in [-0.25, -0.2) is 0 Å². The van der Waals surface area contributed by atoms with Crippen molar-refractivity contribution in [2.24, 2.45) is 0 Å². The molecule has 0 fully saturated rings. The molecule has 14 heavy (non-hydrogen) atoms. The summed E-state index contributed by atoms with van der Waals surface area (Å²) in [5.41, 5.74) is 6.68. The zero-order chi connectivity index (χ0) is 10.4. The largest absolute Gasteiger partial charge is 0.398 e. The first kappa shape index (κ1) is 10.2. The number of nitrogens with zero attached hydrogens (tertiary/aromatic N) is 1. The summed E-state index contributed by atoms with van der Waals surface area (Å²) in [6.45, 7) is 0. The van der Waals surface area contributed by atoms with Crippen molar-refractivity contribution in [1.82, 2.24) is 0 Å². The highest BCUT2D eigenvalue weighted by molar-refractivity contribution is 8.03. The second-order valence-electron chi connectivity index (χ2n) is 2.33. The molecular formula is C10H6N2OS. The molecule has 4 heteroatoms. The van der Waals surface area contributed by atoms with Gasteiger partial charge in [0, 0.05) is 16.1 Å². The summed E-state index contributed by atoms with van der Waals surface area (Å²) in [5.74, 6) is 4.87. The van der Waals surface area contributed by atoms with E-state index in [4.69, 9.17) is 11.0 Å². The zero-order valence-electron chi connectivity index (χ0n) is 7.15. The molecule has 0 unspecified atom stereocenters. The van der Waals surface area contributed by atoms with Gasteiger partial charge >= 0.3 is 0 Å². The molecule has 3 nitrogen and oxygen atoms in total. The van der Waals surface area contributed by atoms with Gasteiger partial charge in [0.15, 0.2) is 6.29 Å². The molecule has 1 aromatic rings. The van der Waals surface area contributed by atoms with Gasteiger partial charge in [-0.2, -0.15) is 5.26 Å². The van der Waals surface area contributed by atoms with Crippen LogP contribution < -0.4 is 5.73 Å². The van der Waals surface area contributed by atoms with E-state index in [9.17, 15) is 4.79 Å². The van der Waals surface area contributed by atoms with Crippen LogP contribution in [-0.4, -0.2) is 6.29 Å². The molecule has 0 aliphatic carbocycles. The molecule has 0 atom stereocenters. The molecule has 0 saturated heterocycles. The van der Waals surface area contributed by atoms with Crippen LogP contribution in [0.3, 0.4) is 0 Å². The zero-order valence-corrected chi connectivity index (χ0v) is 7.97. The van der Waals surface area contributed by atoms with Crippen molar-refractivity contribution in [3.63, 3.8) is 0 Å². The summed E-state index contributed by atoms with van der Waals surface area (Å²) in [6.07, 6.45) is 0.504. The van der Waals surface area contributed by atoms with Crippen LogP contribution in [0.25, 0.3) is 0 Å². The summed E-state index contributed by atoms with van der Waals surface area (Å²) in [6, 6.07) is 5.07. The van der Waals surface area contributed by atoms with Gasteiger partial charge in [-0.3, -0.25) is 4.79 Å². The van der Waals surface area contributed by atoms with E-state index in [0.717, 1.165) is 16.7 Å². The van der Waals surface area contributed by atoms with Crippen molar-refractivity contribution < 1.29 is 4.79 Å². The minimum atomic E-state index is 0.502. The SMILES string of the molecule is N#CSc1ccc(N)c(C#CC=O)c1. The van der Waals surface area contributed by atoms with Gasteiger partial charge < -0.3 is 5.73 Å². The summed E-state index contributed by atoms with van der Waals surface area (Å²) >= 11 is 1.03. The fourth-order valence-corrected chi connectivity index (χ4v) is 1.29. The van der Waals surface area contributed by atoms with E-state index >= 15 is 0 Å². The molecule has 1 aromatic carbocycles. The predicted octanol–water partition coefficient (Wildman–Crippen LogP) is 1.39. The number of carbonyl (C=O) groups is 1. The molecule has 0 saturated carbocycles. The molecule has 1 rings (SSSR count). The number of anilines is 1. The Morgan fingerprint density at radius 1 is 1.50 bits per heavy atom. The van der Waals surface area contributed by atoms with E-state index in [2.05, 4.69) is 11.8 Å².